The third-order valence-corrected chi connectivity index (χ3v) is 6.58. The number of nitrogens with zero attached hydrogens (tertiary/aromatic N) is 1. The molecule has 0 unspecified atom stereocenters. The van der Waals surface area contributed by atoms with Crippen molar-refractivity contribution in [1.82, 2.24) is 9.88 Å². The Hall–Kier alpha value is -2.97. The molecule has 0 spiro atoms. The molecule has 0 aliphatic heterocycles. The van der Waals surface area contributed by atoms with E-state index in [0.29, 0.717) is 15.7 Å². The smallest absolute Gasteiger partial charge is 0.269 e. The van der Waals surface area contributed by atoms with Crippen LogP contribution in [0.2, 0.25) is 0 Å². The second-order valence-corrected chi connectivity index (χ2v) is 10.3. The maximum atomic E-state index is 13.0. The molecule has 0 aliphatic carbocycles. The maximum absolute atomic E-state index is 13.0. The molecule has 0 bridgehead atoms. The number of benzene rings is 1. The molecule has 1 amide bonds. The van der Waals surface area contributed by atoms with Gasteiger partial charge in [0, 0.05) is 22.9 Å². The number of carbonyl (C=O) groups is 2. The number of hydrogen-bond acceptors (Lipinski definition) is 6. The van der Waals surface area contributed by atoms with Crippen molar-refractivity contribution in [2.24, 2.45) is 5.41 Å². The lowest BCUT2D eigenvalue weighted by molar-refractivity contribution is -0.122. The van der Waals surface area contributed by atoms with E-state index in [1.807, 2.05) is 62.5 Å². The van der Waals surface area contributed by atoms with Crippen LogP contribution in [0.3, 0.4) is 0 Å². The summed E-state index contributed by atoms with van der Waals surface area (Å²) in [5.74, 6) is 0.332. The Morgan fingerprint density at radius 1 is 1.16 bits per heavy atom. The van der Waals surface area contributed by atoms with Gasteiger partial charge in [-0.25, -0.2) is 0 Å². The van der Waals surface area contributed by atoms with Crippen molar-refractivity contribution in [3.05, 3.63) is 71.8 Å². The minimum Gasteiger partial charge on any atom is -0.497 e. The molecule has 1 N–H and O–H groups in total. The van der Waals surface area contributed by atoms with Crippen LogP contribution < -0.4 is 24.8 Å². The molecule has 6 nitrogen and oxygen atoms in total. The fourth-order valence-corrected chi connectivity index (χ4v) is 4.53. The van der Waals surface area contributed by atoms with Gasteiger partial charge in [0.1, 0.15) is 17.0 Å². The first-order valence-corrected chi connectivity index (χ1v) is 11.8. The van der Waals surface area contributed by atoms with Crippen LogP contribution in [0, 0.1) is 5.41 Å². The van der Waals surface area contributed by atoms with Crippen molar-refractivity contribution in [3.8, 4) is 5.75 Å². The Labute approximate surface area is 194 Å². The van der Waals surface area contributed by atoms with Gasteiger partial charge in [-0.1, -0.05) is 39.0 Å². The first kappa shape index (κ1) is 23.7. The number of Topliss-reactive ketones (excluding diaryl/α,β-unsaturated/α-hetero) is 1. The van der Waals surface area contributed by atoms with E-state index in [4.69, 9.17) is 4.74 Å². The molecule has 0 atom stereocenters. The zero-order valence-electron chi connectivity index (χ0n) is 18.5. The summed E-state index contributed by atoms with van der Waals surface area (Å²) in [5, 5.41) is 4.77. The summed E-state index contributed by atoms with van der Waals surface area (Å²) in [4.78, 5) is 39.2. The summed E-state index contributed by atoms with van der Waals surface area (Å²) < 4.78 is 7.47. The zero-order chi connectivity index (χ0) is 23.3. The number of aromatic nitrogens is 1. The third kappa shape index (κ3) is 6.05. The molecule has 0 saturated carbocycles. The van der Waals surface area contributed by atoms with Gasteiger partial charge in [-0.2, -0.15) is 0 Å². The highest BCUT2D eigenvalue weighted by Gasteiger charge is 2.20. The fraction of sp³-hybridized carbons (Fsp3) is 0.292. The standard InChI is InChI=1S/C24H26N2O4S2/c1-24(2,3)20(27)13-22-26(23(29)19(32-22)12-18-6-5-11-31-18)15-21(28)25-14-16-7-9-17(30-4)10-8-16/h5-13H,14-15H2,1-4H3,(H,25,28)/b19-12-,22-13-. The summed E-state index contributed by atoms with van der Waals surface area (Å²) in [6.45, 7) is 5.63. The first-order chi connectivity index (χ1) is 15.2. The second kappa shape index (κ2) is 10.1. The van der Waals surface area contributed by atoms with E-state index in [1.54, 1.807) is 13.2 Å². The van der Waals surface area contributed by atoms with Gasteiger partial charge in [0.05, 0.1) is 11.6 Å². The molecule has 0 saturated heterocycles. The number of thiophene rings is 1. The number of rotatable bonds is 7. The largest absolute Gasteiger partial charge is 0.497 e. The summed E-state index contributed by atoms with van der Waals surface area (Å²) >= 11 is 2.74. The lowest BCUT2D eigenvalue weighted by Crippen LogP contribution is -2.38. The molecule has 0 aliphatic rings. The van der Waals surface area contributed by atoms with Gasteiger partial charge in [0.25, 0.3) is 5.56 Å². The maximum Gasteiger partial charge on any atom is 0.269 e. The van der Waals surface area contributed by atoms with Crippen LogP contribution >= 0.6 is 22.7 Å². The zero-order valence-corrected chi connectivity index (χ0v) is 20.1. The summed E-state index contributed by atoms with van der Waals surface area (Å²) in [6, 6.07) is 11.2. The highest BCUT2D eigenvalue weighted by Crippen LogP contribution is 2.15. The molecule has 3 rings (SSSR count). The van der Waals surface area contributed by atoms with Crippen molar-refractivity contribution in [2.75, 3.05) is 7.11 Å². The monoisotopic (exact) mass is 470 g/mol. The minimum absolute atomic E-state index is 0.103. The molecule has 1 aromatic carbocycles. The summed E-state index contributed by atoms with van der Waals surface area (Å²) in [6.07, 6.45) is 3.26. The number of amides is 1. The number of thiazole rings is 1. The Morgan fingerprint density at radius 3 is 2.47 bits per heavy atom. The average Bonchev–Trinajstić information content (AvgIpc) is 3.36. The van der Waals surface area contributed by atoms with Crippen molar-refractivity contribution < 1.29 is 14.3 Å². The lowest BCUT2D eigenvalue weighted by atomic mass is 9.91. The van der Waals surface area contributed by atoms with E-state index < -0.39 is 5.41 Å². The predicted octanol–water partition coefficient (Wildman–Crippen LogP) is 2.52. The Morgan fingerprint density at radius 2 is 1.88 bits per heavy atom. The number of carbonyl (C=O) groups excluding carboxylic acids is 2. The van der Waals surface area contributed by atoms with Crippen LogP contribution in [0.5, 0.6) is 5.75 Å². The van der Waals surface area contributed by atoms with E-state index in [1.165, 1.54) is 33.3 Å². The van der Waals surface area contributed by atoms with Crippen molar-refractivity contribution in [2.45, 2.75) is 33.9 Å². The quantitative estimate of drug-likeness (QED) is 0.576. The van der Waals surface area contributed by atoms with E-state index in [-0.39, 0.29) is 23.8 Å². The number of methoxy groups -OCH3 is 1. The first-order valence-electron chi connectivity index (χ1n) is 10.1. The number of ether oxygens (including phenoxy) is 1. The van der Waals surface area contributed by atoms with E-state index >= 15 is 0 Å². The third-order valence-electron chi connectivity index (χ3n) is 4.70. The molecule has 3 aromatic rings. The van der Waals surface area contributed by atoms with Crippen LogP contribution in [0.4, 0.5) is 0 Å². The van der Waals surface area contributed by atoms with E-state index in [2.05, 4.69) is 5.32 Å². The van der Waals surface area contributed by atoms with Gasteiger partial charge in [-0.15, -0.1) is 22.7 Å². The molecular weight excluding hydrogens is 444 g/mol. The number of ketones is 1. The molecular formula is C24H26N2O4S2. The highest BCUT2D eigenvalue weighted by atomic mass is 32.1. The summed E-state index contributed by atoms with van der Waals surface area (Å²) in [7, 11) is 1.60. The van der Waals surface area contributed by atoms with Gasteiger partial charge < -0.3 is 10.1 Å². The van der Waals surface area contributed by atoms with Crippen LogP contribution in [-0.2, 0) is 22.7 Å². The molecule has 2 aromatic heterocycles. The van der Waals surface area contributed by atoms with Gasteiger partial charge >= 0.3 is 0 Å². The van der Waals surface area contributed by atoms with E-state index in [0.717, 1.165) is 16.2 Å². The molecule has 8 heteroatoms. The molecule has 32 heavy (non-hydrogen) atoms. The molecule has 2 heterocycles. The SMILES string of the molecule is COc1ccc(CNC(=O)Cn2c(=O)/c(=C/c3cccs3)s/c2=C\C(=O)C(C)(C)C)cc1. The topological polar surface area (TPSA) is 77.4 Å². The van der Waals surface area contributed by atoms with Crippen LogP contribution in [-0.4, -0.2) is 23.4 Å². The van der Waals surface area contributed by atoms with E-state index in [9.17, 15) is 14.4 Å². The van der Waals surface area contributed by atoms with Crippen molar-refractivity contribution in [3.63, 3.8) is 0 Å². The Kier molecular flexibility index (Phi) is 7.48. The minimum atomic E-state index is -0.584. The van der Waals surface area contributed by atoms with Gasteiger partial charge in [-0.05, 0) is 35.2 Å². The normalized spacial score (nSPS) is 12.8. The summed E-state index contributed by atoms with van der Waals surface area (Å²) in [5.41, 5.74) is 0.0493. The van der Waals surface area contributed by atoms with Crippen LogP contribution in [0.15, 0.2) is 46.6 Å². The second-order valence-electron chi connectivity index (χ2n) is 8.24. The number of nitrogens with one attached hydrogen (secondary N) is 1. The van der Waals surface area contributed by atoms with Gasteiger partial charge in [0.15, 0.2) is 5.78 Å². The van der Waals surface area contributed by atoms with Crippen LogP contribution in [0.1, 0.15) is 31.2 Å². The molecule has 0 radical (unpaired) electrons. The van der Waals surface area contributed by atoms with Crippen molar-refractivity contribution >= 4 is 46.5 Å². The molecule has 0 fully saturated rings. The van der Waals surface area contributed by atoms with Crippen molar-refractivity contribution in [1.29, 1.82) is 0 Å². The highest BCUT2D eigenvalue weighted by molar-refractivity contribution is 7.11. The van der Waals surface area contributed by atoms with Gasteiger partial charge in [0.2, 0.25) is 5.91 Å². The fourth-order valence-electron chi connectivity index (χ4n) is 2.77. The van der Waals surface area contributed by atoms with Crippen LogP contribution in [0.25, 0.3) is 12.2 Å². The molecule has 168 valence electrons. The Bertz CT molecular complexity index is 1260. The van der Waals surface area contributed by atoms with Gasteiger partial charge in [-0.3, -0.25) is 19.0 Å². The predicted molar refractivity (Wildman–Crippen MR) is 129 cm³/mol. The lowest BCUT2D eigenvalue weighted by Gasteiger charge is -2.13. The average molecular weight is 471 g/mol. The Balaban J connectivity index is 1.88. The number of hydrogen-bond donors (Lipinski definition) is 1.